The van der Waals surface area contributed by atoms with Gasteiger partial charge in [0.25, 0.3) is 0 Å². The first-order valence-electron chi connectivity index (χ1n) is 18.8. The first-order valence-corrected chi connectivity index (χ1v) is 18.8. The molecule has 0 saturated heterocycles. The fourth-order valence-corrected chi connectivity index (χ4v) is 7.90. The molecular weight excluding hydrogens is 685 g/mol. The van der Waals surface area contributed by atoms with Crippen LogP contribution in [0.15, 0.2) is 199 Å². The molecule has 3 aromatic heterocycles. The van der Waals surface area contributed by atoms with E-state index >= 15 is 0 Å². The largest absolute Gasteiger partial charge is 0.454 e. The smallest absolute Gasteiger partial charge is 0.238 e. The molecule has 0 aliphatic heterocycles. The molecule has 0 amide bonds. The van der Waals surface area contributed by atoms with Gasteiger partial charge in [-0.1, -0.05) is 176 Å². The average molecular weight is 717 g/mol. The summed E-state index contributed by atoms with van der Waals surface area (Å²) in [7, 11) is 0. The normalized spacial score (nSPS) is 11.6. The van der Waals surface area contributed by atoms with Gasteiger partial charge in [-0.05, 0) is 51.6 Å². The molecule has 0 aliphatic carbocycles. The van der Waals surface area contributed by atoms with E-state index in [4.69, 9.17) is 19.4 Å². The number of hydrogen-bond donors (Lipinski definition) is 0. The van der Waals surface area contributed by atoms with Gasteiger partial charge >= 0.3 is 0 Å². The van der Waals surface area contributed by atoms with E-state index in [1.54, 1.807) is 0 Å². The Morgan fingerprint density at radius 2 is 0.786 bits per heavy atom. The Morgan fingerprint density at radius 3 is 1.38 bits per heavy atom. The molecule has 5 nitrogen and oxygen atoms in total. The maximum absolute atomic E-state index is 6.72. The van der Waals surface area contributed by atoms with E-state index in [1.807, 2.05) is 30.3 Å². The molecular formula is C51H32N4O. The van der Waals surface area contributed by atoms with Crippen LogP contribution >= 0.6 is 0 Å². The predicted molar refractivity (Wildman–Crippen MR) is 229 cm³/mol. The summed E-state index contributed by atoms with van der Waals surface area (Å²) in [6.45, 7) is 0. The van der Waals surface area contributed by atoms with Crippen molar-refractivity contribution in [2.24, 2.45) is 0 Å². The minimum Gasteiger partial charge on any atom is -0.454 e. The van der Waals surface area contributed by atoms with Crippen molar-refractivity contribution in [1.29, 1.82) is 0 Å². The second-order valence-electron chi connectivity index (χ2n) is 14.0. The van der Waals surface area contributed by atoms with Crippen molar-refractivity contribution in [3.8, 4) is 62.1 Å². The van der Waals surface area contributed by atoms with Gasteiger partial charge < -0.3 is 4.42 Å². The molecule has 0 aliphatic rings. The Hall–Kier alpha value is -7.63. The van der Waals surface area contributed by atoms with Crippen LogP contribution in [0.5, 0.6) is 0 Å². The summed E-state index contributed by atoms with van der Waals surface area (Å²) in [5, 5.41) is 4.27. The van der Waals surface area contributed by atoms with Gasteiger partial charge in [0.15, 0.2) is 17.2 Å². The van der Waals surface area contributed by atoms with E-state index in [0.29, 0.717) is 17.6 Å². The summed E-state index contributed by atoms with van der Waals surface area (Å²) in [6.07, 6.45) is 0. The zero-order chi connectivity index (χ0) is 37.0. The molecule has 0 radical (unpaired) electrons. The lowest BCUT2D eigenvalue weighted by Crippen LogP contribution is -2.06. The van der Waals surface area contributed by atoms with E-state index in [2.05, 4.69) is 168 Å². The maximum Gasteiger partial charge on any atom is 0.238 e. The number of para-hydroxylation sites is 1. The van der Waals surface area contributed by atoms with E-state index < -0.39 is 0 Å². The Labute approximate surface area is 322 Å². The minimum atomic E-state index is 0.516. The monoisotopic (exact) mass is 716 g/mol. The fraction of sp³-hybridized carbons (Fsp3) is 0. The average Bonchev–Trinajstić information content (AvgIpc) is 3.83. The number of hydrogen-bond acceptors (Lipinski definition) is 4. The van der Waals surface area contributed by atoms with Crippen LogP contribution in [0.3, 0.4) is 0 Å². The summed E-state index contributed by atoms with van der Waals surface area (Å²) in [5.74, 6) is 1.69. The van der Waals surface area contributed by atoms with Crippen LogP contribution in [0, 0.1) is 0 Å². The molecule has 0 saturated carbocycles. The predicted octanol–water partition coefficient (Wildman–Crippen LogP) is 13.2. The highest BCUT2D eigenvalue weighted by Gasteiger charge is 2.23. The summed E-state index contributed by atoms with van der Waals surface area (Å²) >= 11 is 0. The summed E-state index contributed by atoms with van der Waals surface area (Å²) < 4.78 is 8.89. The van der Waals surface area contributed by atoms with Gasteiger partial charge in [0.05, 0.1) is 5.52 Å². The van der Waals surface area contributed by atoms with Gasteiger partial charge in [-0.3, -0.25) is 4.57 Å². The molecule has 56 heavy (non-hydrogen) atoms. The van der Waals surface area contributed by atoms with Gasteiger partial charge in [0.2, 0.25) is 5.95 Å². The molecule has 3 heterocycles. The zero-order valence-electron chi connectivity index (χ0n) is 30.2. The third-order valence-electron chi connectivity index (χ3n) is 10.7. The molecule has 0 unspecified atom stereocenters. The third kappa shape index (κ3) is 5.37. The first kappa shape index (κ1) is 31.9. The lowest BCUT2D eigenvalue weighted by molar-refractivity contribution is 0.670. The second-order valence-corrected chi connectivity index (χ2v) is 14.0. The maximum atomic E-state index is 6.72. The van der Waals surface area contributed by atoms with Crippen LogP contribution in [0.25, 0.3) is 106 Å². The second kappa shape index (κ2) is 13.0. The number of furan rings is 1. The van der Waals surface area contributed by atoms with Gasteiger partial charge in [-0.2, -0.15) is 9.97 Å². The number of fused-ring (bicyclic) bond motifs is 7. The standard InChI is InChI=1S/C51H32N4O/c1-4-12-33(13-5-1)36-20-24-38(25-21-36)49-52-50(39-26-22-37(23-27-39)34-14-6-2-7-15-34)54-51(53-49)55-45-32-40(35-16-8-3-9-17-35)28-29-41(45)43-30-31-44-42-18-10-11-19-46(42)56-48(44)47(43)55/h1-32H. The number of aromatic nitrogens is 4. The molecule has 0 atom stereocenters. The van der Waals surface area contributed by atoms with Crippen LogP contribution < -0.4 is 0 Å². The van der Waals surface area contributed by atoms with Crippen molar-refractivity contribution in [3.05, 3.63) is 194 Å². The van der Waals surface area contributed by atoms with Crippen LogP contribution in [-0.4, -0.2) is 19.5 Å². The summed E-state index contributed by atoms with van der Waals surface area (Å²) in [6, 6.07) is 67.4. The number of benzene rings is 8. The van der Waals surface area contributed by atoms with Crippen LogP contribution in [-0.2, 0) is 0 Å². The molecule has 0 fully saturated rings. The first-order chi connectivity index (χ1) is 27.7. The fourth-order valence-electron chi connectivity index (χ4n) is 7.90. The molecule has 0 N–H and O–H groups in total. The van der Waals surface area contributed by atoms with E-state index in [1.165, 1.54) is 0 Å². The van der Waals surface area contributed by atoms with Gasteiger partial charge in [-0.15, -0.1) is 0 Å². The molecule has 0 bridgehead atoms. The van der Waals surface area contributed by atoms with E-state index in [-0.39, 0.29) is 0 Å². The van der Waals surface area contributed by atoms with Crippen molar-refractivity contribution >= 4 is 43.7 Å². The summed E-state index contributed by atoms with van der Waals surface area (Å²) in [5.41, 5.74) is 12.1. The van der Waals surface area contributed by atoms with Crippen LogP contribution in [0.1, 0.15) is 0 Å². The van der Waals surface area contributed by atoms with Gasteiger partial charge in [-0.25, -0.2) is 4.98 Å². The van der Waals surface area contributed by atoms with Gasteiger partial charge in [0, 0.05) is 32.7 Å². The van der Waals surface area contributed by atoms with Crippen molar-refractivity contribution in [2.45, 2.75) is 0 Å². The number of nitrogens with zero attached hydrogens (tertiary/aromatic N) is 4. The minimum absolute atomic E-state index is 0.516. The highest BCUT2D eigenvalue weighted by atomic mass is 16.3. The van der Waals surface area contributed by atoms with Crippen molar-refractivity contribution in [2.75, 3.05) is 0 Å². The zero-order valence-corrected chi connectivity index (χ0v) is 30.2. The Morgan fingerprint density at radius 1 is 0.339 bits per heavy atom. The van der Waals surface area contributed by atoms with E-state index in [9.17, 15) is 0 Å². The number of rotatable bonds is 6. The lowest BCUT2D eigenvalue weighted by atomic mass is 10.0. The lowest BCUT2D eigenvalue weighted by Gasteiger charge is -2.12. The van der Waals surface area contributed by atoms with Crippen LogP contribution in [0.4, 0.5) is 0 Å². The highest BCUT2D eigenvalue weighted by Crippen LogP contribution is 2.41. The highest BCUT2D eigenvalue weighted by molar-refractivity contribution is 6.21. The quantitative estimate of drug-likeness (QED) is 0.172. The van der Waals surface area contributed by atoms with Gasteiger partial charge in [0.1, 0.15) is 11.1 Å². The Bertz CT molecular complexity index is 3100. The third-order valence-corrected chi connectivity index (χ3v) is 10.7. The molecule has 8 aromatic carbocycles. The molecule has 11 rings (SSSR count). The molecule has 0 spiro atoms. The molecule has 5 heteroatoms. The summed E-state index contributed by atoms with van der Waals surface area (Å²) in [4.78, 5) is 15.8. The molecule has 11 aromatic rings. The van der Waals surface area contributed by atoms with E-state index in [0.717, 1.165) is 88.3 Å². The van der Waals surface area contributed by atoms with Crippen molar-refractivity contribution in [3.63, 3.8) is 0 Å². The Balaban J connectivity index is 1.18. The van der Waals surface area contributed by atoms with Crippen molar-refractivity contribution in [1.82, 2.24) is 19.5 Å². The van der Waals surface area contributed by atoms with Crippen molar-refractivity contribution < 1.29 is 4.42 Å². The van der Waals surface area contributed by atoms with Crippen LogP contribution in [0.2, 0.25) is 0 Å². The SMILES string of the molecule is c1ccc(-c2ccc(-c3nc(-c4ccc(-c5ccccc5)cc4)nc(-n4c5cc(-c6ccccc6)ccc5c5ccc6c7ccccc7oc6c54)n3)cc2)cc1. The topological polar surface area (TPSA) is 56.7 Å². The Kier molecular flexibility index (Phi) is 7.42. The molecule has 262 valence electrons.